The van der Waals surface area contributed by atoms with Crippen LogP contribution in [0.25, 0.3) is 0 Å². The van der Waals surface area contributed by atoms with Crippen LogP contribution in [0.2, 0.25) is 10.0 Å². The van der Waals surface area contributed by atoms with Crippen LogP contribution in [0.15, 0.2) is 76.5 Å². The fraction of sp³-hybridized carbons (Fsp3) is 0.0476. The van der Waals surface area contributed by atoms with Crippen LogP contribution in [0.5, 0.6) is 0 Å². The van der Waals surface area contributed by atoms with E-state index >= 15 is 0 Å². The largest absolute Gasteiger partial charge is 0.416 e. The van der Waals surface area contributed by atoms with Gasteiger partial charge in [-0.25, -0.2) is 4.79 Å². The van der Waals surface area contributed by atoms with Gasteiger partial charge in [-0.2, -0.15) is 13.2 Å². The van der Waals surface area contributed by atoms with Crippen molar-refractivity contribution in [3.63, 3.8) is 0 Å². The molecule has 3 amide bonds. The third kappa shape index (κ3) is 6.16. The average molecular weight is 485 g/mol. The molecule has 0 heterocycles. The number of anilines is 1. The number of hydrogen-bond donors (Lipinski definition) is 2. The van der Waals surface area contributed by atoms with Crippen molar-refractivity contribution >= 4 is 52.6 Å². The van der Waals surface area contributed by atoms with E-state index in [1.54, 1.807) is 36.4 Å². The highest BCUT2D eigenvalue weighted by atomic mass is 35.5. The fourth-order valence-electron chi connectivity index (χ4n) is 2.47. The molecule has 0 aliphatic heterocycles. The number of rotatable bonds is 4. The van der Waals surface area contributed by atoms with Crippen molar-refractivity contribution in [2.45, 2.75) is 16.0 Å². The average Bonchev–Trinajstić information content (AvgIpc) is 2.70. The topological polar surface area (TPSA) is 58.2 Å². The summed E-state index contributed by atoms with van der Waals surface area (Å²) in [4.78, 5) is 25.3. The lowest BCUT2D eigenvalue weighted by Crippen LogP contribution is -2.34. The SMILES string of the molecule is O=C(NC(=O)c1ccccc1Cl)Nc1ccc(Sc2ccc(C(F)(F)F)cc2Cl)cc1. The molecule has 0 bridgehead atoms. The molecule has 0 fully saturated rings. The number of benzene rings is 3. The summed E-state index contributed by atoms with van der Waals surface area (Å²) in [6, 6.07) is 15.2. The van der Waals surface area contributed by atoms with Gasteiger partial charge >= 0.3 is 12.2 Å². The van der Waals surface area contributed by atoms with Crippen LogP contribution in [0.3, 0.4) is 0 Å². The van der Waals surface area contributed by atoms with Crippen LogP contribution >= 0.6 is 35.0 Å². The van der Waals surface area contributed by atoms with Gasteiger partial charge in [0.05, 0.1) is 21.2 Å². The standard InChI is InChI=1S/C21H13Cl2F3N2O2S/c22-16-4-2-1-3-15(16)19(29)28-20(30)27-13-6-8-14(9-7-13)31-18-10-5-12(11-17(18)23)21(24,25)26/h1-11H,(H2,27,28,29,30). The summed E-state index contributed by atoms with van der Waals surface area (Å²) in [7, 11) is 0. The molecule has 0 aliphatic rings. The molecule has 0 radical (unpaired) electrons. The number of urea groups is 1. The number of carbonyl (C=O) groups is 2. The van der Waals surface area contributed by atoms with Crippen LogP contribution in [0, 0.1) is 0 Å². The highest BCUT2D eigenvalue weighted by Crippen LogP contribution is 2.38. The molecular formula is C21H13Cl2F3N2O2S. The third-order valence-corrected chi connectivity index (χ3v) is 5.78. The molecule has 160 valence electrons. The smallest absolute Gasteiger partial charge is 0.308 e. The minimum Gasteiger partial charge on any atom is -0.308 e. The molecule has 3 rings (SSSR count). The van der Waals surface area contributed by atoms with Gasteiger partial charge in [0.25, 0.3) is 5.91 Å². The minimum atomic E-state index is -4.46. The van der Waals surface area contributed by atoms with Crippen LogP contribution < -0.4 is 10.6 Å². The van der Waals surface area contributed by atoms with E-state index in [9.17, 15) is 22.8 Å². The quantitative estimate of drug-likeness (QED) is 0.414. The molecule has 0 atom stereocenters. The molecule has 0 unspecified atom stereocenters. The van der Waals surface area contributed by atoms with Crippen molar-refractivity contribution in [1.29, 1.82) is 0 Å². The Balaban J connectivity index is 1.61. The fourth-order valence-corrected chi connectivity index (χ4v) is 3.81. The summed E-state index contributed by atoms with van der Waals surface area (Å²) in [5.41, 5.74) is -0.245. The van der Waals surface area contributed by atoms with Crippen LogP contribution in [-0.4, -0.2) is 11.9 Å². The maximum atomic E-state index is 12.7. The van der Waals surface area contributed by atoms with E-state index < -0.39 is 23.7 Å². The highest BCUT2D eigenvalue weighted by Gasteiger charge is 2.30. The molecule has 0 aliphatic carbocycles. The van der Waals surface area contributed by atoms with Gasteiger partial charge in [-0.15, -0.1) is 0 Å². The lowest BCUT2D eigenvalue weighted by Gasteiger charge is -2.10. The number of halogens is 5. The van der Waals surface area contributed by atoms with E-state index in [1.165, 1.54) is 30.0 Å². The number of amides is 3. The number of carbonyl (C=O) groups excluding carboxylic acids is 2. The molecule has 0 saturated heterocycles. The zero-order chi connectivity index (χ0) is 22.6. The Labute approximate surface area is 189 Å². The van der Waals surface area contributed by atoms with E-state index in [4.69, 9.17) is 23.2 Å². The Morgan fingerprint density at radius 2 is 1.55 bits per heavy atom. The first kappa shape index (κ1) is 23.0. The molecule has 4 nitrogen and oxygen atoms in total. The van der Waals surface area contributed by atoms with E-state index in [0.717, 1.165) is 12.1 Å². The molecular weight excluding hydrogens is 472 g/mol. The predicted octanol–water partition coefficient (Wildman–Crippen LogP) is 7.13. The van der Waals surface area contributed by atoms with Crippen LogP contribution in [0.4, 0.5) is 23.7 Å². The monoisotopic (exact) mass is 484 g/mol. The molecule has 3 aromatic carbocycles. The van der Waals surface area contributed by atoms with Gasteiger partial charge in [-0.3, -0.25) is 10.1 Å². The van der Waals surface area contributed by atoms with Gasteiger partial charge in [0.1, 0.15) is 0 Å². The Hall–Kier alpha value is -2.68. The first-order valence-corrected chi connectivity index (χ1v) is 10.2. The first-order valence-electron chi connectivity index (χ1n) is 8.65. The molecule has 10 heteroatoms. The maximum absolute atomic E-state index is 12.7. The number of nitrogens with one attached hydrogen (secondary N) is 2. The van der Waals surface area contributed by atoms with Gasteiger partial charge in [0.15, 0.2) is 0 Å². The lowest BCUT2D eigenvalue weighted by atomic mass is 10.2. The Morgan fingerprint density at radius 1 is 0.871 bits per heavy atom. The molecule has 0 aromatic heterocycles. The second-order valence-electron chi connectivity index (χ2n) is 6.16. The molecule has 0 saturated carbocycles. The van der Waals surface area contributed by atoms with Crippen molar-refractivity contribution in [2.75, 3.05) is 5.32 Å². The summed E-state index contributed by atoms with van der Waals surface area (Å²) in [5.74, 6) is -0.646. The van der Waals surface area contributed by atoms with Crippen LogP contribution in [-0.2, 0) is 6.18 Å². The third-order valence-electron chi connectivity index (χ3n) is 3.94. The number of alkyl halides is 3. The van der Waals surface area contributed by atoms with Gasteiger partial charge in [-0.1, -0.05) is 47.1 Å². The molecule has 2 N–H and O–H groups in total. The van der Waals surface area contributed by atoms with Crippen molar-refractivity contribution in [2.24, 2.45) is 0 Å². The van der Waals surface area contributed by atoms with Crippen molar-refractivity contribution in [3.8, 4) is 0 Å². The molecule has 31 heavy (non-hydrogen) atoms. The van der Waals surface area contributed by atoms with Crippen molar-refractivity contribution in [1.82, 2.24) is 5.32 Å². The second-order valence-corrected chi connectivity index (χ2v) is 8.09. The minimum absolute atomic E-state index is 0.0144. The van der Waals surface area contributed by atoms with E-state index in [1.807, 2.05) is 0 Å². The maximum Gasteiger partial charge on any atom is 0.416 e. The molecule has 0 spiro atoms. The Morgan fingerprint density at radius 3 is 2.16 bits per heavy atom. The van der Waals surface area contributed by atoms with Gasteiger partial charge < -0.3 is 5.32 Å². The van der Waals surface area contributed by atoms with E-state index in [0.29, 0.717) is 15.5 Å². The first-order chi connectivity index (χ1) is 14.6. The summed E-state index contributed by atoms with van der Waals surface area (Å²) in [6.07, 6.45) is -4.46. The Kier molecular flexibility index (Phi) is 7.15. The zero-order valence-corrected chi connectivity index (χ0v) is 17.8. The summed E-state index contributed by atoms with van der Waals surface area (Å²) >= 11 is 13.1. The van der Waals surface area contributed by atoms with Crippen LogP contribution in [0.1, 0.15) is 15.9 Å². The highest BCUT2D eigenvalue weighted by molar-refractivity contribution is 7.99. The summed E-state index contributed by atoms with van der Waals surface area (Å²) in [6.45, 7) is 0. The number of hydrogen-bond acceptors (Lipinski definition) is 3. The van der Waals surface area contributed by atoms with Crippen molar-refractivity contribution < 1.29 is 22.8 Å². The van der Waals surface area contributed by atoms with E-state index in [-0.39, 0.29) is 15.6 Å². The normalized spacial score (nSPS) is 11.1. The Bertz CT molecular complexity index is 1120. The number of imide groups is 1. The molecule has 3 aromatic rings. The summed E-state index contributed by atoms with van der Waals surface area (Å²) < 4.78 is 38.2. The zero-order valence-electron chi connectivity index (χ0n) is 15.5. The lowest BCUT2D eigenvalue weighted by molar-refractivity contribution is -0.137. The second kappa shape index (κ2) is 9.64. The van der Waals surface area contributed by atoms with Gasteiger partial charge in [0.2, 0.25) is 0 Å². The van der Waals surface area contributed by atoms with Gasteiger partial charge in [0, 0.05) is 15.5 Å². The predicted molar refractivity (Wildman–Crippen MR) is 115 cm³/mol. The van der Waals surface area contributed by atoms with Crippen molar-refractivity contribution in [3.05, 3.63) is 87.9 Å². The summed E-state index contributed by atoms with van der Waals surface area (Å²) in [5, 5.41) is 4.90. The van der Waals surface area contributed by atoms with E-state index in [2.05, 4.69) is 10.6 Å². The van der Waals surface area contributed by atoms with Gasteiger partial charge in [-0.05, 0) is 54.6 Å².